The molecule has 2 aromatic rings. The number of carbonyl (C=O) groups excluding carboxylic acids is 1. The van der Waals surface area contributed by atoms with Gasteiger partial charge in [0.05, 0.1) is 19.8 Å². The van der Waals surface area contributed by atoms with E-state index in [-0.39, 0.29) is 11.4 Å². The van der Waals surface area contributed by atoms with Crippen LogP contribution in [0.4, 0.5) is 0 Å². The molecule has 1 fully saturated rings. The number of halogens is 1. The van der Waals surface area contributed by atoms with Crippen molar-refractivity contribution in [3.63, 3.8) is 0 Å². The lowest BCUT2D eigenvalue weighted by atomic mass is 9.71. The van der Waals surface area contributed by atoms with Gasteiger partial charge in [0.15, 0.2) is 11.5 Å². The van der Waals surface area contributed by atoms with Crippen molar-refractivity contribution in [3.8, 4) is 11.5 Å². The van der Waals surface area contributed by atoms with Gasteiger partial charge in [-0.1, -0.05) is 40.2 Å². The average molecular weight is 418 g/mol. The average Bonchev–Trinajstić information content (AvgIpc) is 2.62. The van der Waals surface area contributed by atoms with Gasteiger partial charge in [0.25, 0.3) is 0 Å². The molecule has 0 unspecified atom stereocenters. The van der Waals surface area contributed by atoms with Crippen LogP contribution in [0.5, 0.6) is 11.5 Å². The molecule has 2 aromatic carbocycles. The smallest absolute Gasteiger partial charge is 0.221 e. The maximum absolute atomic E-state index is 12.6. The van der Waals surface area contributed by atoms with Gasteiger partial charge in [-0.2, -0.15) is 0 Å². The lowest BCUT2D eigenvalue weighted by Gasteiger charge is -2.43. The second kappa shape index (κ2) is 8.12. The summed E-state index contributed by atoms with van der Waals surface area (Å²) in [5.41, 5.74) is 1.93. The number of nitrogens with one attached hydrogen (secondary N) is 1. The van der Waals surface area contributed by atoms with Crippen LogP contribution in [-0.2, 0) is 16.8 Å². The summed E-state index contributed by atoms with van der Waals surface area (Å²) in [4.78, 5) is 12.6. The predicted octanol–water partition coefficient (Wildman–Crippen LogP) is 4.59. The quantitative estimate of drug-likeness (QED) is 0.715. The van der Waals surface area contributed by atoms with Crippen LogP contribution in [0.1, 0.15) is 36.8 Å². The van der Waals surface area contributed by atoms with Crippen LogP contribution < -0.4 is 14.8 Å². The van der Waals surface area contributed by atoms with Crippen LogP contribution in [0.25, 0.3) is 0 Å². The van der Waals surface area contributed by atoms with E-state index in [0.717, 1.165) is 29.3 Å². The molecule has 26 heavy (non-hydrogen) atoms. The fourth-order valence-electron chi connectivity index (χ4n) is 3.53. The minimum absolute atomic E-state index is 0.0644. The highest BCUT2D eigenvalue weighted by Crippen LogP contribution is 2.42. The van der Waals surface area contributed by atoms with Crippen molar-refractivity contribution in [1.29, 1.82) is 0 Å². The Morgan fingerprint density at radius 2 is 1.92 bits per heavy atom. The molecule has 4 nitrogen and oxygen atoms in total. The number of aryl methyl sites for hydroxylation is 1. The second-order valence-electron chi connectivity index (χ2n) is 6.65. The SMILES string of the molecule is COc1cccc(CCC(=O)NC2(c3cccc(Br)c3)CCC2)c1OC. The third-order valence-electron chi connectivity index (χ3n) is 5.07. The zero-order valence-corrected chi connectivity index (χ0v) is 16.8. The summed E-state index contributed by atoms with van der Waals surface area (Å²) in [6.45, 7) is 0. The number of hydrogen-bond donors (Lipinski definition) is 1. The number of hydrogen-bond acceptors (Lipinski definition) is 3. The van der Waals surface area contributed by atoms with Crippen molar-refractivity contribution in [2.24, 2.45) is 0 Å². The third-order valence-corrected chi connectivity index (χ3v) is 5.56. The van der Waals surface area contributed by atoms with Crippen LogP contribution >= 0.6 is 15.9 Å². The van der Waals surface area contributed by atoms with Gasteiger partial charge in [0, 0.05) is 10.9 Å². The van der Waals surface area contributed by atoms with Gasteiger partial charge >= 0.3 is 0 Å². The van der Waals surface area contributed by atoms with Gasteiger partial charge in [0.1, 0.15) is 0 Å². The standard InChI is InChI=1S/C21H24BrNO3/c1-25-18-9-3-6-15(20(18)26-2)10-11-19(24)23-21(12-5-13-21)16-7-4-8-17(22)14-16/h3-4,6-9,14H,5,10-13H2,1-2H3,(H,23,24). The van der Waals surface area contributed by atoms with Crippen molar-refractivity contribution in [1.82, 2.24) is 5.32 Å². The molecule has 0 atom stereocenters. The Kier molecular flexibility index (Phi) is 5.87. The summed E-state index contributed by atoms with van der Waals surface area (Å²) in [5.74, 6) is 1.46. The molecule has 5 heteroatoms. The Hall–Kier alpha value is -2.01. The van der Waals surface area contributed by atoms with Crippen molar-refractivity contribution in [3.05, 3.63) is 58.1 Å². The van der Waals surface area contributed by atoms with E-state index in [2.05, 4.69) is 33.4 Å². The number of benzene rings is 2. The molecule has 0 spiro atoms. The number of rotatable bonds is 7. The van der Waals surface area contributed by atoms with Crippen LogP contribution in [0.3, 0.4) is 0 Å². The fourth-order valence-corrected chi connectivity index (χ4v) is 3.93. The first-order valence-electron chi connectivity index (χ1n) is 8.85. The lowest BCUT2D eigenvalue weighted by molar-refractivity contribution is -0.124. The van der Waals surface area contributed by atoms with Crippen LogP contribution in [0.2, 0.25) is 0 Å². The van der Waals surface area contributed by atoms with E-state index in [4.69, 9.17) is 9.47 Å². The molecular formula is C21H24BrNO3. The molecule has 0 heterocycles. The maximum Gasteiger partial charge on any atom is 0.221 e. The Morgan fingerprint density at radius 1 is 1.15 bits per heavy atom. The third kappa shape index (κ3) is 3.88. The number of carbonyl (C=O) groups is 1. The van der Waals surface area contributed by atoms with E-state index < -0.39 is 0 Å². The van der Waals surface area contributed by atoms with Crippen LogP contribution in [0.15, 0.2) is 46.9 Å². The molecule has 0 aromatic heterocycles. The first kappa shape index (κ1) is 18.8. The zero-order chi connectivity index (χ0) is 18.6. The minimum atomic E-state index is -0.223. The molecule has 1 aliphatic carbocycles. The highest BCUT2D eigenvalue weighted by molar-refractivity contribution is 9.10. The first-order valence-corrected chi connectivity index (χ1v) is 9.64. The van der Waals surface area contributed by atoms with E-state index in [1.165, 1.54) is 5.56 Å². The van der Waals surface area contributed by atoms with Crippen LogP contribution in [0, 0.1) is 0 Å². The molecule has 0 saturated heterocycles. The summed E-state index contributed by atoms with van der Waals surface area (Å²) in [6.07, 6.45) is 4.13. The molecule has 0 bridgehead atoms. The van der Waals surface area contributed by atoms with Crippen molar-refractivity contribution < 1.29 is 14.3 Å². The monoisotopic (exact) mass is 417 g/mol. The summed E-state index contributed by atoms with van der Waals surface area (Å²) < 4.78 is 11.8. The number of amides is 1. The summed E-state index contributed by atoms with van der Waals surface area (Å²) >= 11 is 3.53. The van der Waals surface area contributed by atoms with Gasteiger partial charge in [-0.15, -0.1) is 0 Å². The molecule has 3 rings (SSSR count). The Bertz CT molecular complexity index is 787. The largest absolute Gasteiger partial charge is 0.493 e. The van der Waals surface area contributed by atoms with Crippen LogP contribution in [-0.4, -0.2) is 20.1 Å². The van der Waals surface area contributed by atoms with Gasteiger partial charge in [-0.05, 0) is 55.0 Å². The molecule has 1 amide bonds. The van der Waals surface area contributed by atoms with E-state index in [9.17, 15) is 4.79 Å². The molecule has 1 aliphatic rings. The highest BCUT2D eigenvalue weighted by atomic mass is 79.9. The summed E-state index contributed by atoms with van der Waals surface area (Å²) in [7, 11) is 3.24. The van der Waals surface area contributed by atoms with Crippen molar-refractivity contribution >= 4 is 21.8 Å². The number of methoxy groups -OCH3 is 2. The van der Waals surface area contributed by atoms with Crippen molar-refractivity contribution in [2.75, 3.05) is 14.2 Å². The Labute approximate surface area is 163 Å². The molecule has 0 radical (unpaired) electrons. The topological polar surface area (TPSA) is 47.6 Å². The normalized spacial score (nSPS) is 15.0. The first-order chi connectivity index (χ1) is 12.6. The molecule has 1 N–H and O–H groups in total. The Morgan fingerprint density at radius 3 is 2.54 bits per heavy atom. The van der Waals surface area contributed by atoms with E-state index in [1.54, 1.807) is 14.2 Å². The van der Waals surface area contributed by atoms with Crippen molar-refractivity contribution in [2.45, 2.75) is 37.6 Å². The van der Waals surface area contributed by atoms with Gasteiger partial charge in [-0.25, -0.2) is 0 Å². The van der Waals surface area contributed by atoms with Gasteiger partial charge in [0.2, 0.25) is 5.91 Å². The van der Waals surface area contributed by atoms with Gasteiger partial charge in [-0.3, -0.25) is 4.79 Å². The highest BCUT2D eigenvalue weighted by Gasteiger charge is 2.39. The second-order valence-corrected chi connectivity index (χ2v) is 7.56. The summed E-state index contributed by atoms with van der Waals surface area (Å²) in [6, 6.07) is 14.0. The number of para-hydroxylation sites is 1. The zero-order valence-electron chi connectivity index (χ0n) is 15.2. The van der Waals surface area contributed by atoms with E-state index >= 15 is 0 Å². The lowest BCUT2D eigenvalue weighted by Crippen LogP contribution is -2.50. The fraction of sp³-hybridized carbons (Fsp3) is 0.381. The molecule has 1 saturated carbocycles. The van der Waals surface area contributed by atoms with E-state index in [1.807, 2.05) is 30.3 Å². The maximum atomic E-state index is 12.6. The van der Waals surface area contributed by atoms with Gasteiger partial charge < -0.3 is 14.8 Å². The van der Waals surface area contributed by atoms with E-state index in [0.29, 0.717) is 24.3 Å². The predicted molar refractivity (Wildman–Crippen MR) is 106 cm³/mol. The minimum Gasteiger partial charge on any atom is -0.493 e. The number of ether oxygens (including phenoxy) is 2. The Balaban J connectivity index is 1.68. The molecule has 0 aliphatic heterocycles. The summed E-state index contributed by atoms with van der Waals surface area (Å²) in [5, 5.41) is 3.28. The molecule has 138 valence electrons. The molecular weight excluding hydrogens is 394 g/mol.